The van der Waals surface area contributed by atoms with Gasteiger partial charge < -0.3 is 0 Å². The highest BCUT2D eigenvalue weighted by molar-refractivity contribution is 6.02. The van der Waals surface area contributed by atoms with Gasteiger partial charge in [0, 0.05) is 5.56 Å². The summed E-state index contributed by atoms with van der Waals surface area (Å²) in [6.07, 6.45) is -4.94. The van der Waals surface area contributed by atoms with Crippen molar-refractivity contribution in [3.8, 4) is 6.07 Å². The van der Waals surface area contributed by atoms with Gasteiger partial charge in [0.25, 0.3) is 5.78 Å². The molecule has 0 radical (unpaired) electrons. The van der Waals surface area contributed by atoms with E-state index in [-0.39, 0.29) is 5.56 Å². The maximum absolute atomic E-state index is 12.0. The zero-order valence-corrected chi connectivity index (χ0v) is 6.80. The fourth-order valence-corrected chi connectivity index (χ4v) is 0.931. The molecule has 0 heterocycles. The molecule has 0 saturated carbocycles. The summed E-state index contributed by atoms with van der Waals surface area (Å²) in [4.78, 5) is 10.8. The number of rotatable bonds is 1. The molecule has 0 aliphatic heterocycles. The largest absolute Gasteiger partial charge is 0.454 e. The molecular formula is C9H4F3NO. The van der Waals surface area contributed by atoms with Crippen LogP contribution in [0.4, 0.5) is 13.2 Å². The Hall–Kier alpha value is -1.83. The van der Waals surface area contributed by atoms with E-state index in [9.17, 15) is 18.0 Å². The second-order valence-corrected chi connectivity index (χ2v) is 2.48. The third-order valence-electron chi connectivity index (χ3n) is 1.55. The first kappa shape index (κ1) is 10.3. The number of carbonyl (C=O) groups excluding carboxylic acids is 1. The van der Waals surface area contributed by atoms with Crippen molar-refractivity contribution >= 4 is 5.78 Å². The van der Waals surface area contributed by atoms with Crippen LogP contribution in [0.5, 0.6) is 0 Å². The molecule has 0 aromatic heterocycles. The van der Waals surface area contributed by atoms with Crippen molar-refractivity contribution in [1.29, 1.82) is 5.26 Å². The van der Waals surface area contributed by atoms with Crippen LogP contribution in [0.15, 0.2) is 24.3 Å². The van der Waals surface area contributed by atoms with Crippen LogP contribution in [0.25, 0.3) is 0 Å². The van der Waals surface area contributed by atoms with Crippen LogP contribution < -0.4 is 0 Å². The molecule has 0 N–H and O–H groups in total. The van der Waals surface area contributed by atoms with Gasteiger partial charge in [0.05, 0.1) is 11.6 Å². The second-order valence-electron chi connectivity index (χ2n) is 2.48. The molecule has 1 rings (SSSR count). The second kappa shape index (κ2) is 3.50. The molecule has 0 amide bonds. The summed E-state index contributed by atoms with van der Waals surface area (Å²) in [7, 11) is 0. The summed E-state index contributed by atoms with van der Waals surface area (Å²) >= 11 is 0. The molecule has 0 bridgehead atoms. The highest BCUT2D eigenvalue weighted by atomic mass is 19.4. The van der Waals surface area contributed by atoms with Gasteiger partial charge in [0.2, 0.25) is 0 Å². The molecule has 0 saturated heterocycles. The van der Waals surface area contributed by atoms with Gasteiger partial charge >= 0.3 is 6.18 Å². The van der Waals surface area contributed by atoms with Crippen LogP contribution in [0.1, 0.15) is 15.9 Å². The molecule has 0 fully saturated rings. The SMILES string of the molecule is N#Cc1ccccc1C(=O)C(F)(F)F. The van der Waals surface area contributed by atoms with Gasteiger partial charge in [0.15, 0.2) is 0 Å². The van der Waals surface area contributed by atoms with Gasteiger partial charge in [-0.25, -0.2) is 0 Å². The van der Waals surface area contributed by atoms with E-state index < -0.39 is 17.5 Å². The Bertz CT molecular complexity index is 403. The standard InChI is InChI=1S/C9H4F3NO/c10-9(11,12)8(14)7-4-2-1-3-6(7)5-13/h1-4H. The summed E-state index contributed by atoms with van der Waals surface area (Å²) in [5.74, 6) is -1.99. The third kappa shape index (κ3) is 1.91. The summed E-state index contributed by atoms with van der Waals surface area (Å²) in [5, 5.41) is 8.46. The lowest BCUT2D eigenvalue weighted by atomic mass is 10.0. The Balaban J connectivity index is 3.22. The van der Waals surface area contributed by atoms with E-state index >= 15 is 0 Å². The van der Waals surface area contributed by atoms with E-state index in [0.717, 1.165) is 6.07 Å². The van der Waals surface area contributed by atoms with Crippen molar-refractivity contribution in [2.75, 3.05) is 0 Å². The number of nitrogens with zero attached hydrogens (tertiary/aromatic N) is 1. The van der Waals surface area contributed by atoms with Crippen molar-refractivity contribution in [2.45, 2.75) is 6.18 Å². The Morgan fingerprint density at radius 3 is 2.36 bits per heavy atom. The first-order valence-corrected chi connectivity index (χ1v) is 3.57. The van der Waals surface area contributed by atoms with Gasteiger partial charge in [-0.05, 0) is 12.1 Å². The first-order valence-electron chi connectivity index (χ1n) is 3.57. The Morgan fingerprint density at radius 1 is 1.29 bits per heavy atom. The Kier molecular flexibility index (Phi) is 2.56. The summed E-state index contributed by atoms with van der Waals surface area (Å²) in [6.45, 7) is 0. The fourth-order valence-electron chi connectivity index (χ4n) is 0.931. The quantitative estimate of drug-likeness (QED) is 0.651. The van der Waals surface area contributed by atoms with Crippen molar-refractivity contribution < 1.29 is 18.0 Å². The summed E-state index contributed by atoms with van der Waals surface area (Å²) < 4.78 is 36.0. The number of halogens is 3. The molecule has 1 aromatic carbocycles. The number of carbonyl (C=O) groups is 1. The minimum Gasteiger partial charge on any atom is -0.284 e. The normalized spacial score (nSPS) is 10.7. The average molecular weight is 199 g/mol. The lowest BCUT2D eigenvalue weighted by Gasteiger charge is -2.05. The highest BCUT2D eigenvalue weighted by Gasteiger charge is 2.40. The Labute approximate surface area is 77.6 Å². The predicted molar refractivity (Wildman–Crippen MR) is 41.5 cm³/mol. The van der Waals surface area contributed by atoms with Crippen LogP contribution in [-0.2, 0) is 0 Å². The maximum atomic E-state index is 12.0. The van der Waals surface area contributed by atoms with Crippen molar-refractivity contribution in [3.05, 3.63) is 35.4 Å². The molecular weight excluding hydrogens is 195 g/mol. The minimum atomic E-state index is -4.94. The molecule has 0 unspecified atom stereocenters. The average Bonchev–Trinajstić information content (AvgIpc) is 2.15. The molecule has 2 nitrogen and oxygen atoms in total. The molecule has 1 aromatic rings. The number of hydrogen-bond acceptors (Lipinski definition) is 2. The number of benzene rings is 1. The molecule has 0 spiro atoms. The van der Waals surface area contributed by atoms with Gasteiger partial charge in [-0.1, -0.05) is 12.1 Å². The topological polar surface area (TPSA) is 40.9 Å². The van der Waals surface area contributed by atoms with E-state index in [1.165, 1.54) is 24.3 Å². The molecule has 0 aliphatic rings. The monoisotopic (exact) mass is 199 g/mol. The molecule has 0 aliphatic carbocycles. The van der Waals surface area contributed by atoms with Crippen LogP contribution >= 0.6 is 0 Å². The molecule has 5 heteroatoms. The number of Topliss-reactive ketones (excluding diaryl/α,β-unsaturated/α-hetero) is 1. The lowest BCUT2D eigenvalue weighted by Crippen LogP contribution is -2.23. The van der Waals surface area contributed by atoms with Crippen molar-refractivity contribution in [2.24, 2.45) is 0 Å². The summed E-state index contributed by atoms with van der Waals surface area (Å²) in [6, 6.07) is 6.35. The lowest BCUT2D eigenvalue weighted by molar-refractivity contribution is -0.0885. The zero-order valence-electron chi connectivity index (χ0n) is 6.80. The van der Waals surface area contributed by atoms with Crippen LogP contribution in [0, 0.1) is 11.3 Å². The van der Waals surface area contributed by atoms with Crippen molar-refractivity contribution in [3.63, 3.8) is 0 Å². The Morgan fingerprint density at radius 2 is 1.86 bits per heavy atom. The fraction of sp³-hybridized carbons (Fsp3) is 0.111. The maximum Gasteiger partial charge on any atom is 0.454 e. The smallest absolute Gasteiger partial charge is 0.284 e. The van der Waals surface area contributed by atoms with Crippen LogP contribution in [0.3, 0.4) is 0 Å². The van der Waals surface area contributed by atoms with Gasteiger partial charge in [-0.2, -0.15) is 18.4 Å². The van der Waals surface area contributed by atoms with Crippen LogP contribution in [-0.4, -0.2) is 12.0 Å². The molecule has 14 heavy (non-hydrogen) atoms. The van der Waals surface area contributed by atoms with Crippen LogP contribution in [0.2, 0.25) is 0 Å². The van der Waals surface area contributed by atoms with Gasteiger partial charge in [-0.3, -0.25) is 4.79 Å². The molecule has 0 atom stereocenters. The van der Waals surface area contributed by atoms with E-state index in [1.807, 2.05) is 0 Å². The zero-order chi connectivity index (χ0) is 10.8. The molecule has 72 valence electrons. The number of alkyl halides is 3. The number of hydrogen-bond donors (Lipinski definition) is 0. The van der Waals surface area contributed by atoms with E-state index in [0.29, 0.717) is 0 Å². The first-order chi connectivity index (χ1) is 6.46. The highest BCUT2D eigenvalue weighted by Crippen LogP contribution is 2.23. The third-order valence-corrected chi connectivity index (χ3v) is 1.55. The van der Waals surface area contributed by atoms with Gasteiger partial charge in [-0.15, -0.1) is 0 Å². The number of ketones is 1. The minimum absolute atomic E-state index is 0.269. The number of nitriles is 1. The van der Waals surface area contributed by atoms with E-state index in [2.05, 4.69) is 0 Å². The van der Waals surface area contributed by atoms with E-state index in [1.54, 1.807) is 0 Å². The van der Waals surface area contributed by atoms with Gasteiger partial charge in [0.1, 0.15) is 0 Å². The summed E-state index contributed by atoms with van der Waals surface area (Å²) in [5.41, 5.74) is -0.877. The predicted octanol–water partition coefficient (Wildman–Crippen LogP) is 2.30. The van der Waals surface area contributed by atoms with E-state index in [4.69, 9.17) is 5.26 Å². The van der Waals surface area contributed by atoms with Crippen molar-refractivity contribution in [1.82, 2.24) is 0 Å².